The first-order chi connectivity index (χ1) is 9.06. The lowest BCUT2D eigenvalue weighted by Crippen LogP contribution is -2.11. The zero-order valence-electron chi connectivity index (χ0n) is 9.96. The summed E-state index contributed by atoms with van der Waals surface area (Å²) in [7, 11) is 0. The van der Waals surface area contributed by atoms with E-state index in [0.717, 1.165) is 11.4 Å². The van der Waals surface area contributed by atoms with Crippen LogP contribution < -0.4 is 16.8 Å². The summed E-state index contributed by atoms with van der Waals surface area (Å²) in [6, 6.07) is 10.4. The minimum Gasteiger partial charge on any atom is -0.388 e. The van der Waals surface area contributed by atoms with Gasteiger partial charge in [0.15, 0.2) is 0 Å². The van der Waals surface area contributed by atoms with Crippen molar-refractivity contribution in [1.29, 1.82) is 0 Å². The molecule has 0 spiro atoms. The molecule has 2 aromatic rings. The SMILES string of the molecule is NC(=O)c1ccc(Nc2ccc(C(N)=S)nc2)cc1. The van der Waals surface area contributed by atoms with Gasteiger partial charge in [0.2, 0.25) is 5.91 Å². The van der Waals surface area contributed by atoms with Crippen LogP contribution in [-0.2, 0) is 0 Å². The number of hydrogen-bond donors (Lipinski definition) is 3. The van der Waals surface area contributed by atoms with E-state index in [-0.39, 0.29) is 4.99 Å². The Morgan fingerprint density at radius 3 is 2.16 bits per heavy atom. The highest BCUT2D eigenvalue weighted by molar-refractivity contribution is 7.80. The van der Waals surface area contributed by atoms with E-state index in [1.165, 1.54) is 0 Å². The zero-order valence-corrected chi connectivity index (χ0v) is 10.8. The number of rotatable bonds is 4. The van der Waals surface area contributed by atoms with Crippen molar-refractivity contribution < 1.29 is 4.79 Å². The highest BCUT2D eigenvalue weighted by Crippen LogP contribution is 2.16. The molecule has 0 unspecified atom stereocenters. The average molecular weight is 272 g/mol. The van der Waals surface area contributed by atoms with E-state index >= 15 is 0 Å². The number of amides is 1. The summed E-state index contributed by atoms with van der Waals surface area (Å²) in [6.45, 7) is 0. The molecular weight excluding hydrogens is 260 g/mol. The molecule has 1 aromatic heterocycles. The first kappa shape index (κ1) is 13.0. The fourth-order valence-electron chi connectivity index (χ4n) is 1.50. The monoisotopic (exact) mass is 272 g/mol. The van der Waals surface area contributed by atoms with Gasteiger partial charge in [-0.1, -0.05) is 12.2 Å². The minimum atomic E-state index is -0.450. The number of carbonyl (C=O) groups excluding carboxylic acids is 1. The van der Waals surface area contributed by atoms with Crippen LogP contribution in [0, 0.1) is 0 Å². The van der Waals surface area contributed by atoms with Crippen LogP contribution in [0.4, 0.5) is 11.4 Å². The van der Waals surface area contributed by atoms with Gasteiger partial charge in [-0.15, -0.1) is 0 Å². The van der Waals surface area contributed by atoms with Gasteiger partial charge in [-0.3, -0.25) is 9.78 Å². The second-order valence-corrected chi connectivity index (χ2v) is 4.30. The Hall–Kier alpha value is -2.47. The lowest BCUT2D eigenvalue weighted by Gasteiger charge is -2.07. The van der Waals surface area contributed by atoms with Crippen LogP contribution in [0.2, 0.25) is 0 Å². The van der Waals surface area contributed by atoms with E-state index in [9.17, 15) is 4.79 Å². The molecule has 5 nitrogen and oxygen atoms in total. The maximum atomic E-state index is 10.9. The number of nitrogens with one attached hydrogen (secondary N) is 1. The third kappa shape index (κ3) is 3.26. The van der Waals surface area contributed by atoms with Gasteiger partial charge in [0.1, 0.15) is 4.99 Å². The predicted octanol–water partition coefficient (Wildman–Crippen LogP) is 1.56. The van der Waals surface area contributed by atoms with Gasteiger partial charge < -0.3 is 16.8 Å². The lowest BCUT2D eigenvalue weighted by molar-refractivity contribution is 0.100. The summed E-state index contributed by atoms with van der Waals surface area (Å²) in [5, 5.41) is 3.14. The molecule has 0 bridgehead atoms. The van der Waals surface area contributed by atoms with Gasteiger partial charge >= 0.3 is 0 Å². The van der Waals surface area contributed by atoms with Gasteiger partial charge in [-0.2, -0.15) is 0 Å². The van der Waals surface area contributed by atoms with Crippen LogP contribution in [0.15, 0.2) is 42.6 Å². The van der Waals surface area contributed by atoms with Gasteiger partial charge in [0, 0.05) is 11.3 Å². The maximum Gasteiger partial charge on any atom is 0.248 e. The second kappa shape index (κ2) is 5.45. The van der Waals surface area contributed by atoms with E-state index in [1.807, 2.05) is 6.07 Å². The van der Waals surface area contributed by atoms with Crippen LogP contribution in [0.5, 0.6) is 0 Å². The zero-order chi connectivity index (χ0) is 13.8. The topological polar surface area (TPSA) is 94.0 Å². The molecule has 19 heavy (non-hydrogen) atoms. The molecule has 2 rings (SSSR count). The van der Waals surface area contributed by atoms with Gasteiger partial charge in [-0.05, 0) is 36.4 Å². The molecule has 1 amide bonds. The quantitative estimate of drug-likeness (QED) is 0.734. The Kier molecular flexibility index (Phi) is 3.72. The first-order valence-corrected chi connectivity index (χ1v) is 5.90. The van der Waals surface area contributed by atoms with Crippen molar-refractivity contribution in [3.63, 3.8) is 0 Å². The molecule has 0 radical (unpaired) electrons. The molecule has 0 aliphatic carbocycles. The Morgan fingerprint density at radius 1 is 1.05 bits per heavy atom. The van der Waals surface area contributed by atoms with Gasteiger partial charge in [-0.25, -0.2) is 0 Å². The van der Waals surface area contributed by atoms with Crippen molar-refractivity contribution in [2.24, 2.45) is 11.5 Å². The Balaban J connectivity index is 2.12. The van der Waals surface area contributed by atoms with E-state index in [4.69, 9.17) is 23.7 Å². The standard InChI is InChI=1S/C13H12N4OS/c14-12(18)8-1-3-9(4-2-8)17-10-5-6-11(13(15)19)16-7-10/h1-7,17H,(H2,14,18)(H2,15,19). The smallest absolute Gasteiger partial charge is 0.248 e. The number of benzene rings is 1. The van der Waals surface area contributed by atoms with Crippen LogP contribution in [-0.4, -0.2) is 15.9 Å². The number of carbonyl (C=O) groups is 1. The highest BCUT2D eigenvalue weighted by atomic mass is 32.1. The van der Waals surface area contributed by atoms with Crippen molar-refractivity contribution in [2.75, 3.05) is 5.32 Å². The molecule has 0 aliphatic rings. The van der Waals surface area contributed by atoms with Gasteiger partial charge in [0.25, 0.3) is 0 Å². The molecule has 0 aliphatic heterocycles. The summed E-state index contributed by atoms with van der Waals surface area (Å²) in [5.74, 6) is -0.450. The molecule has 0 fully saturated rings. The van der Waals surface area contributed by atoms with Crippen molar-refractivity contribution in [2.45, 2.75) is 0 Å². The summed E-state index contributed by atoms with van der Waals surface area (Å²) in [5.41, 5.74) is 13.3. The summed E-state index contributed by atoms with van der Waals surface area (Å²) >= 11 is 4.82. The van der Waals surface area contributed by atoms with Gasteiger partial charge in [0.05, 0.1) is 17.6 Å². The third-order valence-corrected chi connectivity index (χ3v) is 2.68. The molecule has 0 saturated carbocycles. The number of thiocarbonyl (C=S) groups is 1. The van der Waals surface area contributed by atoms with Crippen LogP contribution in [0.1, 0.15) is 16.1 Å². The molecule has 0 saturated heterocycles. The number of nitrogens with two attached hydrogens (primary N) is 2. The van der Waals surface area contributed by atoms with Crippen LogP contribution in [0.3, 0.4) is 0 Å². The molecule has 1 heterocycles. The number of aromatic nitrogens is 1. The third-order valence-electron chi connectivity index (χ3n) is 2.47. The van der Waals surface area contributed by atoms with E-state index in [1.54, 1.807) is 36.5 Å². The number of hydrogen-bond acceptors (Lipinski definition) is 4. The number of anilines is 2. The fourth-order valence-corrected chi connectivity index (χ4v) is 1.62. The van der Waals surface area contributed by atoms with Crippen molar-refractivity contribution in [3.8, 4) is 0 Å². The molecular formula is C13H12N4OS. The summed E-state index contributed by atoms with van der Waals surface area (Å²) in [6.07, 6.45) is 1.64. The maximum absolute atomic E-state index is 10.9. The Morgan fingerprint density at radius 2 is 1.68 bits per heavy atom. The normalized spacial score (nSPS) is 9.89. The molecule has 96 valence electrons. The van der Waals surface area contributed by atoms with E-state index in [2.05, 4.69) is 10.3 Å². The second-order valence-electron chi connectivity index (χ2n) is 3.86. The van der Waals surface area contributed by atoms with E-state index in [0.29, 0.717) is 11.3 Å². The fraction of sp³-hybridized carbons (Fsp3) is 0. The predicted molar refractivity (Wildman–Crippen MR) is 78.4 cm³/mol. The van der Waals surface area contributed by atoms with Crippen molar-refractivity contribution in [1.82, 2.24) is 4.98 Å². The lowest BCUT2D eigenvalue weighted by atomic mass is 10.2. The number of nitrogens with zero attached hydrogens (tertiary/aromatic N) is 1. The minimum absolute atomic E-state index is 0.261. The highest BCUT2D eigenvalue weighted by Gasteiger charge is 2.01. The number of pyridine rings is 1. The Bertz CT molecular complexity index is 552. The molecule has 6 heteroatoms. The van der Waals surface area contributed by atoms with Crippen molar-refractivity contribution in [3.05, 3.63) is 53.9 Å². The summed E-state index contributed by atoms with van der Waals surface area (Å²) in [4.78, 5) is 15.3. The van der Waals surface area contributed by atoms with Crippen LogP contribution in [0.25, 0.3) is 0 Å². The first-order valence-electron chi connectivity index (χ1n) is 5.49. The largest absolute Gasteiger partial charge is 0.388 e. The molecule has 1 aromatic carbocycles. The average Bonchev–Trinajstić information content (AvgIpc) is 2.40. The summed E-state index contributed by atoms with van der Waals surface area (Å²) < 4.78 is 0. The van der Waals surface area contributed by atoms with Crippen molar-refractivity contribution >= 4 is 34.5 Å². The number of primary amides is 1. The Labute approximate surface area is 115 Å². The van der Waals surface area contributed by atoms with E-state index < -0.39 is 5.91 Å². The molecule has 5 N–H and O–H groups in total. The van der Waals surface area contributed by atoms with Crippen LogP contribution >= 0.6 is 12.2 Å². The molecule has 0 atom stereocenters.